The molecule has 0 aromatic heterocycles. The number of hydrogen-bond donors (Lipinski definition) is 1. The molecule has 0 aromatic carbocycles. The first-order valence-corrected chi connectivity index (χ1v) is 4.62. The molecule has 1 saturated heterocycles. The number of rotatable bonds is 4. The molecular weight excluding hydrogens is 152 g/mol. The molecule has 1 fully saturated rings. The van der Waals surface area contributed by atoms with Gasteiger partial charge in [-0.3, -0.25) is 0 Å². The first kappa shape index (κ1) is 9.75. The first-order chi connectivity index (χ1) is 5.70. The van der Waals surface area contributed by atoms with Gasteiger partial charge in [-0.25, -0.2) is 0 Å². The summed E-state index contributed by atoms with van der Waals surface area (Å²) < 4.78 is 5.77. The van der Waals surface area contributed by atoms with Crippen molar-refractivity contribution in [1.29, 1.82) is 0 Å². The number of hydrogen-bond acceptors (Lipinski definition) is 2. The van der Waals surface area contributed by atoms with Gasteiger partial charge >= 0.3 is 0 Å². The largest absolute Gasteiger partial charge is 0.396 e. The zero-order valence-corrected chi connectivity index (χ0v) is 7.75. The van der Waals surface area contributed by atoms with Crippen LogP contribution in [0, 0.1) is 0 Å². The molecule has 0 aromatic rings. The van der Waals surface area contributed by atoms with Crippen LogP contribution in [0.15, 0.2) is 12.7 Å². The zero-order chi connectivity index (χ0) is 9.03. The van der Waals surface area contributed by atoms with Gasteiger partial charge in [0, 0.05) is 6.61 Å². The van der Waals surface area contributed by atoms with Gasteiger partial charge in [0.1, 0.15) is 0 Å². The Hall–Kier alpha value is -0.340. The molecular formula is C10H18O2. The molecule has 2 nitrogen and oxygen atoms in total. The van der Waals surface area contributed by atoms with Gasteiger partial charge in [0.15, 0.2) is 0 Å². The van der Waals surface area contributed by atoms with Crippen LogP contribution in [0.1, 0.15) is 32.6 Å². The predicted octanol–water partition coefficient (Wildman–Crippen LogP) is 1.88. The van der Waals surface area contributed by atoms with Crippen molar-refractivity contribution >= 4 is 0 Å². The van der Waals surface area contributed by atoms with Crippen LogP contribution in [0.2, 0.25) is 0 Å². The van der Waals surface area contributed by atoms with Gasteiger partial charge in [-0.2, -0.15) is 0 Å². The van der Waals surface area contributed by atoms with Crippen LogP contribution < -0.4 is 0 Å². The minimum absolute atomic E-state index is 0.111. The Balaban J connectivity index is 2.30. The molecule has 0 aliphatic carbocycles. The fourth-order valence-corrected chi connectivity index (χ4v) is 1.62. The molecule has 1 aliphatic rings. The maximum absolute atomic E-state index is 8.64. The third-order valence-electron chi connectivity index (χ3n) is 2.51. The third kappa shape index (κ3) is 2.32. The molecule has 70 valence electrons. The molecule has 2 heteroatoms. The quantitative estimate of drug-likeness (QED) is 0.653. The summed E-state index contributed by atoms with van der Waals surface area (Å²) >= 11 is 0. The van der Waals surface area contributed by atoms with E-state index in [1.165, 1.54) is 0 Å². The fraction of sp³-hybridized carbons (Fsp3) is 0.800. The van der Waals surface area contributed by atoms with Crippen LogP contribution in [-0.4, -0.2) is 23.4 Å². The first-order valence-electron chi connectivity index (χ1n) is 4.62. The van der Waals surface area contributed by atoms with Crippen molar-refractivity contribution < 1.29 is 9.84 Å². The second-order valence-electron chi connectivity index (χ2n) is 3.66. The summed E-state index contributed by atoms with van der Waals surface area (Å²) in [5, 5.41) is 8.64. The lowest BCUT2D eigenvalue weighted by Gasteiger charge is -2.20. The van der Waals surface area contributed by atoms with Gasteiger partial charge < -0.3 is 9.84 Å². The maximum atomic E-state index is 8.64. The Kier molecular flexibility index (Phi) is 3.29. The average molecular weight is 170 g/mol. The van der Waals surface area contributed by atoms with E-state index in [1.807, 2.05) is 6.08 Å². The summed E-state index contributed by atoms with van der Waals surface area (Å²) in [6.45, 7) is 6.09. The Morgan fingerprint density at radius 2 is 2.50 bits per heavy atom. The lowest BCUT2D eigenvalue weighted by molar-refractivity contribution is -0.00102. The molecule has 1 rings (SSSR count). The van der Waals surface area contributed by atoms with E-state index in [9.17, 15) is 0 Å². The Labute approximate surface area is 74.2 Å². The molecule has 2 atom stereocenters. The summed E-state index contributed by atoms with van der Waals surface area (Å²) in [6, 6.07) is 0. The van der Waals surface area contributed by atoms with Gasteiger partial charge in [-0.15, -0.1) is 6.58 Å². The molecule has 0 saturated carbocycles. The highest BCUT2D eigenvalue weighted by Crippen LogP contribution is 2.32. The van der Waals surface area contributed by atoms with Crippen LogP contribution in [-0.2, 0) is 4.74 Å². The van der Waals surface area contributed by atoms with E-state index in [1.54, 1.807) is 0 Å². The van der Waals surface area contributed by atoms with Crippen molar-refractivity contribution in [3.63, 3.8) is 0 Å². The van der Waals surface area contributed by atoms with Crippen LogP contribution in [0.4, 0.5) is 0 Å². The highest BCUT2D eigenvalue weighted by Gasteiger charge is 2.32. The Morgan fingerprint density at radius 1 is 1.75 bits per heavy atom. The topological polar surface area (TPSA) is 29.5 Å². The minimum Gasteiger partial charge on any atom is -0.396 e. The van der Waals surface area contributed by atoms with E-state index in [-0.39, 0.29) is 12.2 Å². The van der Waals surface area contributed by atoms with E-state index in [2.05, 4.69) is 13.5 Å². The van der Waals surface area contributed by atoms with Crippen LogP contribution in [0.25, 0.3) is 0 Å². The molecule has 1 aliphatic heterocycles. The van der Waals surface area contributed by atoms with Gasteiger partial charge in [0.25, 0.3) is 0 Å². The van der Waals surface area contributed by atoms with Crippen LogP contribution in [0.3, 0.4) is 0 Å². The predicted molar refractivity (Wildman–Crippen MR) is 49.0 cm³/mol. The van der Waals surface area contributed by atoms with E-state index in [0.717, 1.165) is 25.7 Å². The van der Waals surface area contributed by atoms with E-state index in [4.69, 9.17) is 9.84 Å². The molecule has 1 N–H and O–H groups in total. The highest BCUT2D eigenvalue weighted by molar-refractivity contribution is 4.98. The Morgan fingerprint density at radius 3 is 3.00 bits per heavy atom. The molecule has 0 bridgehead atoms. The second-order valence-corrected chi connectivity index (χ2v) is 3.66. The monoisotopic (exact) mass is 170 g/mol. The lowest BCUT2D eigenvalue weighted by atomic mass is 10.0. The standard InChI is InChI=1S/C10H18O2/c1-3-10(2)7-6-9(12-10)5-4-8-11/h3,9,11H,1,4-8H2,2H3. The van der Waals surface area contributed by atoms with Gasteiger partial charge in [0.2, 0.25) is 0 Å². The molecule has 0 spiro atoms. The van der Waals surface area contributed by atoms with Crippen molar-refractivity contribution in [3.8, 4) is 0 Å². The Bertz CT molecular complexity index is 156. The van der Waals surface area contributed by atoms with Crippen molar-refractivity contribution in [2.75, 3.05) is 6.61 Å². The van der Waals surface area contributed by atoms with E-state index in [0.29, 0.717) is 6.10 Å². The summed E-state index contributed by atoms with van der Waals surface area (Å²) in [4.78, 5) is 0. The number of ether oxygens (including phenoxy) is 1. The third-order valence-corrected chi connectivity index (χ3v) is 2.51. The average Bonchev–Trinajstić information content (AvgIpc) is 2.45. The molecule has 2 unspecified atom stereocenters. The molecule has 0 radical (unpaired) electrons. The minimum atomic E-state index is -0.111. The van der Waals surface area contributed by atoms with Gasteiger partial charge in [-0.05, 0) is 32.6 Å². The van der Waals surface area contributed by atoms with Crippen molar-refractivity contribution in [2.45, 2.75) is 44.3 Å². The smallest absolute Gasteiger partial charge is 0.0836 e. The lowest BCUT2D eigenvalue weighted by Crippen LogP contribution is -2.21. The molecule has 0 amide bonds. The molecule has 1 heterocycles. The second kappa shape index (κ2) is 4.06. The van der Waals surface area contributed by atoms with Crippen molar-refractivity contribution in [2.24, 2.45) is 0 Å². The van der Waals surface area contributed by atoms with E-state index >= 15 is 0 Å². The van der Waals surface area contributed by atoms with Crippen molar-refractivity contribution in [3.05, 3.63) is 12.7 Å². The SMILES string of the molecule is C=CC1(C)CCC(CCCO)O1. The fourth-order valence-electron chi connectivity index (χ4n) is 1.62. The van der Waals surface area contributed by atoms with Gasteiger partial charge in [0.05, 0.1) is 11.7 Å². The van der Waals surface area contributed by atoms with Crippen molar-refractivity contribution in [1.82, 2.24) is 0 Å². The normalized spacial score (nSPS) is 35.3. The van der Waals surface area contributed by atoms with E-state index < -0.39 is 0 Å². The highest BCUT2D eigenvalue weighted by atomic mass is 16.5. The summed E-state index contributed by atoms with van der Waals surface area (Å²) in [5.41, 5.74) is -0.111. The van der Waals surface area contributed by atoms with Crippen LogP contribution in [0.5, 0.6) is 0 Å². The summed E-state index contributed by atoms with van der Waals surface area (Å²) in [5.74, 6) is 0. The zero-order valence-electron chi connectivity index (χ0n) is 7.75. The number of aliphatic hydroxyl groups excluding tert-OH is 1. The summed E-state index contributed by atoms with van der Waals surface area (Å²) in [6.07, 6.45) is 6.19. The summed E-state index contributed by atoms with van der Waals surface area (Å²) in [7, 11) is 0. The number of aliphatic hydroxyl groups is 1. The maximum Gasteiger partial charge on any atom is 0.0836 e. The van der Waals surface area contributed by atoms with Gasteiger partial charge in [-0.1, -0.05) is 6.08 Å². The molecule has 12 heavy (non-hydrogen) atoms. The van der Waals surface area contributed by atoms with Crippen LogP contribution >= 0.6 is 0 Å².